The lowest BCUT2D eigenvalue weighted by Crippen LogP contribution is -2.42. The van der Waals surface area contributed by atoms with Crippen LogP contribution in [0.25, 0.3) is 0 Å². The molecule has 0 saturated heterocycles. The van der Waals surface area contributed by atoms with Gasteiger partial charge in [-0.05, 0) is 25.5 Å². The van der Waals surface area contributed by atoms with Crippen LogP contribution in [0.3, 0.4) is 0 Å². The van der Waals surface area contributed by atoms with Crippen LogP contribution in [0, 0.1) is 0 Å². The Kier molecular flexibility index (Phi) is 12.6. The molecule has 0 fully saturated rings. The standard InChI is InChI=1S/C17H29N3O2.HI/c1-5-6-7-11-19-17(18-3)20-13-14(2)22-16-10-8-9-15(12-16)21-4;/h8-10,12,14H,5-7,11,13H2,1-4H3,(H2,18,19,20);1H. The number of rotatable bonds is 9. The minimum Gasteiger partial charge on any atom is -0.497 e. The average molecular weight is 435 g/mol. The monoisotopic (exact) mass is 435 g/mol. The third-order valence-corrected chi connectivity index (χ3v) is 3.23. The molecule has 0 spiro atoms. The van der Waals surface area contributed by atoms with Crippen molar-refractivity contribution in [2.75, 3.05) is 27.2 Å². The predicted molar refractivity (Wildman–Crippen MR) is 107 cm³/mol. The molecule has 1 unspecified atom stereocenters. The summed E-state index contributed by atoms with van der Waals surface area (Å²) in [7, 11) is 3.43. The van der Waals surface area contributed by atoms with Crippen molar-refractivity contribution in [3.63, 3.8) is 0 Å². The number of unbranched alkanes of at least 4 members (excludes halogenated alkanes) is 2. The molecule has 23 heavy (non-hydrogen) atoms. The molecule has 0 radical (unpaired) electrons. The van der Waals surface area contributed by atoms with Gasteiger partial charge in [-0.1, -0.05) is 25.8 Å². The fourth-order valence-electron chi connectivity index (χ4n) is 1.99. The van der Waals surface area contributed by atoms with Gasteiger partial charge in [-0.3, -0.25) is 4.99 Å². The number of hydrogen-bond donors (Lipinski definition) is 2. The molecule has 0 saturated carbocycles. The summed E-state index contributed by atoms with van der Waals surface area (Å²) in [6, 6.07) is 7.63. The highest BCUT2D eigenvalue weighted by Gasteiger charge is 2.06. The molecule has 2 N–H and O–H groups in total. The second-order valence-electron chi connectivity index (χ2n) is 5.19. The van der Waals surface area contributed by atoms with Crippen LogP contribution < -0.4 is 20.1 Å². The van der Waals surface area contributed by atoms with E-state index in [0.29, 0.717) is 6.54 Å². The SMILES string of the molecule is CCCCCNC(=NC)NCC(C)Oc1cccc(OC)c1.I. The predicted octanol–water partition coefficient (Wildman–Crippen LogP) is 3.44. The molecule has 0 aliphatic heterocycles. The molecule has 0 heterocycles. The van der Waals surface area contributed by atoms with E-state index >= 15 is 0 Å². The highest BCUT2D eigenvalue weighted by atomic mass is 127. The van der Waals surface area contributed by atoms with E-state index in [1.165, 1.54) is 12.8 Å². The number of guanidine groups is 1. The Bertz CT molecular complexity index is 455. The molecule has 1 aromatic carbocycles. The van der Waals surface area contributed by atoms with Gasteiger partial charge < -0.3 is 20.1 Å². The number of hydrogen-bond acceptors (Lipinski definition) is 3. The zero-order valence-electron chi connectivity index (χ0n) is 14.6. The van der Waals surface area contributed by atoms with Crippen molar-refractivity contribution in [3.8, 4) is 11.5 Å². The van der Waals surface area contributed by atoms with Crippen molar-refractivity contribution in [2.45, 2.75) is 39.2 Å². The molecule has 0 aliphatic rings. The zero-order chi connectivity index (χ0) is 16.2. The fourth-order valence-corrected chi connectivity index (χ4v) is 1.99. The lowest BCUT2D eigenvalue weighted by atomic mass is 10.2. The van der Waals surface area contributed by atoms with Crippen LogP contribution in [0.15, 0.2) is 29.3 Å². The number of benzene rings is 1. The Hall–Kier alpha value is -1.18. The lowest BCUT2D eigenvalue weighted by molar-refractivity contribution is 0.223. The molecule has 0 amide bonds. The smallest absolute Gasteiger partial charge is 0.191 e. The number of ether oxygens (including phenoxy) is 2. The fraction of sp³-hybridized carbons (Fsp3) is 0.588. The lowest BCUT2D eigenvalue weighted by Gasteiger charge is -2.18. The van der Waals surface area contributed by atoms with Crippen molar-refractivity contribution >= 4 is 29.9 Å². The van der Waals surface area contributed by atoms with Crippen LogP contribution in [0.1, 0.15) is 33.1 Å². The third kappa shape index (κ3) is 9.53. The van der Waals surface area contributed by atoms with E-state index in [4.69, 9.17) is 9.47 Å². The Balaban J connectivity index is 0.00000484. The van der Waals surface area contributed by atoms with Gasteiger partial charge in [-0.2, -0.15) is 0 Å². The summed E-state index contributed by atoms with van der Waals surface area (Å²) >= 11 is 0. The van der Waals surface area contributed by atoms with Gasteiger partial charge in [0, 0.05) is 19.7 Å². The van der Waals surface area contributed by atoms with Crippen LogP contribution >= 0.6 is 24.0 Å². The first-order chi connectivity index (χ1) is 10.7. The quantitative estimate of drug-likeness (QED) is 0.270. The van der Waals surface area contributed by atoms with Gasteiger partial charge in [0.15, 0.2) is 5.96 Å². The minimum atomic E-state index is 0. The summed E-state index contributed by atoms with van der Waals surface area (Å²) in [5, 5.41) is 6.58. The maximum absolute atomic E-state index is 5.87. The number of halogens is 1. The van der Waals surface area contributed by atoms with Crippen LogP contribution in [0.4, 0.5) is 0 Å². The Morgan fingerprint density at radius 3 is 2.61 bits per heavy atom. The zero-order valence-corrected chi connectivity index (χ0v) is 16.9. The van der Waals surface area contributed by atoms with Gasteiger partial charge in [0.1, 0.15) is 17.6 Å². The summed E-state index contributed by atoms with van der Waals surface area (Å²) in [5.41, 5.74) is 0. The van der Waals surface area contributed by atoms with Crippen molar-refractivity contribution in [2.24, 2.45) is 4.99 Å². The Morgan fingerprint density at radius 2 is 1.96 bits per heavy atom. The first-order valence-electron chi connectivity index (χ1n) is 7.94. The van der Waals surface area contributed by atoms with Gasteiger partial charge in [0.25, 0.3) is 0 Å². The van der Waals surface area contributed by atoms with Crippen LogP contribution in [-0.4, -0.2) is 39.3 Å². The van der Waals surface area contributed by atoms with Crippen LogP contribution in [0.2, 0.25) is 0 Å². The van der Waals surface area contributed by atoms with Gasteiger partial charge in [-0.15, -0.1) is 24.0 Å². The highest BCUT2D eigenvalue weighted by molar-refractivity contribution is 14.0. The van der Waals surface area contributed by atoms with Gasteiger partial charge in [0.2, 0.25) is 0 Å². The molecule has 5 nitrogen and oxygen atoms in total. The largest absolute Gasteiger partial charge is 0.497 e. The van der Waals surface area contributed by atoms with E-state index in [-0.39, 0.29) is 30.1 Å². The van der Waals surface area contributed by atoms with E-state index in [0.717, 1.165) is 30.4 Å². The molecule has 0 bridgehead atoms. The summed E-state index contributed by atoms with van der Waals surface area (Å²) in [5.74, 6) is 2.42. The maximum atomic E-state index is 5.87. The van der Waals surface area contributed by atoms with E-state index < -0.39 is 0 Å². The van der Waals surface area contributed by atoms with Crippen LogP contribution in [0.5, 0.6) is 11.5 Å². The minimum absolute atomic E-state index is 0. The molecule has 132 valence electrons. The summed E-state index contributed by atoms with van der Waals surface area (Å²) in [6.07, 6.45) is 3.65. The molecule has 0 aromatic heterocycles. The summed E-state index contributed by atoms with van der Waals surface area (Å²) in [4.78, 5) is 4.21. The van der Waals surface area contributed by atoms with Gasteiger partial charge in [-0.25, -0.2) is 0 Å². The average Bonchev–Trinajstić information content (AvgIpc) is 2.54. The molecule has 0 aliphatic carbocycles. The molecular weight excluding hydrogens is 405 g/mol. The molecule has 1 atom stereocenters. The summed E-state index contributed by atoms with van der Waals surface area (Å²) < 4.78 is 11.1. The van der Waals surface area contributed by atoms with Crippen molar-refractivity contribution in [3.05, 3.63) is 24.3 Å². The highest BCUT2D eigenvalue weighted by Crippen LogP contribution is 2.19. The maximum Gasteiger partial charge on any atom is 0.191 e. The molecule has 1 aromatic rings. The molecular formula is C17H30IN3O2. The van der Waals surface area contributed by atoms with Crippen molar-refractivity contribution in [1.29, 1.82) is 0 Å². The Labute approximate surface area is 157 Å². The van der Waals surface area contributed by atoms with Crippen molar-refractivity contribution < 1.29 is 9.47 Å². The van der Waals surface area contributed by atoms with E-state index in [1.54, 1.807) is 14.2 Å². The van der Waals surface area contributed by atoms with Gasteiger partial charge in [0.05, 0.1) is 13.7 Å². The number of methoxy groups -OCH3 is 1. The number of nitrogens with zero attached hydrogens (tertiary/aromatic N) is 1. The van der Waals surface area contributed by atoms with Crippen LogP contribution in [-0.2, 0) is 0 Å². The second-order valence-corrected chi connectivity index (χ2v) is 5.19. The first kappa shape index (κ1) is 21.8. The number of nitrogens with one attached hydrogen (secondary N) is 2. The first-order valence-corrected chi connectivity index (χ1v) is 7.94. The van der Waals surface area contributed by atoms with Crippen molar-refractivity contribution in [1.82, 2.24) is 10.6 Å². The third-order valence-electron chi connectivity index (χ3n) is 3.23. The van der Waals surface area contributed by atoms with E-state index in [2.05, 4.69) is 22.5 Å². The van der Waals surface area contributed by atoms with E-state index in [9.17, 15) is 0 Å². The normalized spacial score (nSPS) is 12.1. The second kappa shape index (κ2) is 13.3. The van der Waals surface area contributed by atoms with Gasteiger partial charge >= 0.3 is 0 Å². The summed E-state index contributed by atoms with van der Waals surface area (Å²) in [6.45, 7) is 5.85. The topological polar surface area (TPSA) is 54.9 Å². The Morgan fingerprint density at radius 1 is 1.22 bits per heavy atom. The molecule has 6 heteroatoms. The number of aliphatic imine (C=N–C) groups is 1. The van der Waals surface area contributed by atoms with E-state index in [1.807, 2.05) is 31.2 Å². The molecule has 1 rings (SSSR count).